The Morgan fingerprint density at radius 2 is 2.31 bits per heavy atom. The second kappa shape index (κ2) is 4.18. The number of aromatic hydroxyl groups is 1. The fraction of sp³-hybridized carbons (Fsp3) is 0.167. The number of Topliss-reactive ketones (excluding diaryl/α,β-unsaturated/α-hetero) is 1. The molecule has 4 heteroatoms. The van der Waals surface area contributed by atoms with Gasteiger partial charge in [-0.25, -0.2) is 4.57 Å². The van der Waals surface area contributed by atoms with E-state index in [4.69, 9.17) is 0 Å². The number of ketones is 1. The zero-order chi connectivity index (χ0) is 11.5. The van der Waals surface area contributed by atoms with Crippen LogP contribution in [0, 0.1) is 0 Å². The van der Waals surface area contributed by atoms with Crippen LogP contribution in [0.25, 0.3) is 0 Å². The number of H-pyrrole nitrogens is 1. The molecule has 1 heterocycles. The Morgan fingerprint density at radius 3 is 2.94 bits per heavy atom. The summed E-state index contributed by atoms with van der Waals surface area (Å²) in [5.41, 5.74) is 1.35. The first kappa shape index (κ1) is 10.4. The smallest absolute Gasteiger partial charge is 0.241 e. The molecule has 82 valence electrons. The minimum atomic E-state index is -0.126. The number of hydrogen-bond acceptors (Lipinski definition) is 2. The van der Waals surface area contributed by atoms with Crippen LogP contribution in [0.15, 0.2) is 36.9 Å². The Labute approximate surface area is 93.2 Å². The number of aromatic amines is 1. The second-order valence-electron chi connectivity index (χ2n) is 3.69. The monoisotopic (exact) mass is 217 g/mol. The van der Waals surface area contributed by atoms with Crippen LogP contribution in [0.3, 0.4) is 0 Å². The molecular weight excluding hydrogens is 204 g/mol. The molecule has 0 radical (unpaired) electrons. The molecule has 0 aliphatic carbocycles. The molecule has 0 amide bonds. The van der Waals surface area contributed by atoms with Crippen molar-refractivity contribution in [2.24, 2.45) is 0 Å². The number of carbonyl (C=O) groups excluding carboxylic acids is 1. The van der Waals surface area contributed by atoms with Crippen molar-refractivity contribution < 1.29 is 14.5 Å². The van der Waals surface area contributed by atoms with Crippen molar-refractivity contribution in [1.82, 2.24) is 4.98 Å². The number of nitrogens with one attached hydrogen (secondary N) is 1. The van der Waals surface area contributed by atoms with E-state index >= 15 is 0 Å². The van der Waals surface area contributed by atoms with Gasteiger partial charge in [0.25, 0.3) is 0 Å². The van der Waals surface area contributed by atoms with Crippen LogP contribution in [0.5, 0.6) is 5.75 Å². The van der Waals surface area contributed by atoms with Gasteiger partial charge in [-0.2, -0.15) is 0 Å². The summed E-state index contributed by atoms with van der Waals surface area (Å²) in [6.07, 6.45) is 5.56. The Bertz CT molecular complexity index is 504. The number of imidazole rings is 1. The van der Waals surface area contributed by atoms with Crippen molar-refractivity contribution in [2.45, 2.75) is 13.5 Å². The number of nitrogens with zero attached hydrogens (tertiary/aromatic N) is 1. The first-order chi connectivity index (χ1) is 7.66. The van der Waals surface area contributed by atoms with Crippen molar-refractivity contribution in [3.05, 3.63) is 48.0 Å². The maximum Gasteiger partial charge on any atom is 0.241 e. The van der Waals surface area contributed by atoms with E-state index in [1.165, 1.54) is 6.92 Å². The summed E-state index contributed by atoms with van der Waals surface area (Å²) in [5, 5.41) is 9.50. The molecule has 0 spiro atoms. The van der Waals surface area contributed by atoms with Crippen LogP contribution in [-0.2, 0) is 6.54 Å². The third-order valence-corrected chi connectivity index (χ3v) is 2.41. The highest BCUT2D eigenvalue weighted by Crippen LogP contribution is 2.18. The molecule has 2 rings (SSSR count). The number of phenols is 1. The maximum atomic E-state index is 11.2. The minimum Gasteiger partial charge on any atom is -0.507 e. The van der Waals surface area contributed by atoms with Crippen LogP contribution < -0.4 is 4.57 Å². The third kappa shape index (κ3) is 2.11. The molecule has 2 N–H and O–H groups in total. The molecule has 2 aromatic rings. The van der Waals surface area contributed by atoms with Crippen LogP contribution in [0.1, 0.15) is 22.8 Å². The Kier molecular flexibility index (Phi) is 2.72. The highest BCUT2D eigenvalue weighted by molar-refractivity contribution is 5.96. The van der Waals surface area contributed by atoms with Crippen molar-refractivity contribution >= 4 is 5.78 Å². The first-order valence-corrected chi connectivity index (χ1v) is 5.01. The fourth-order valence-corrected chi connectivity index (χ4v) is 1.59. The first-order valence-electron chi connectivity index (χ1n) is 5.01. The topological polar surface area (TPSA) is 57.0 Å². The van der Waals surface area contributed by atoms with Crippen LogP contribution in [0.4, 0.5) is 0 Å². The zero-order valence-corrected chi connectivity index (χ0v) is 8.97. The Morgan fingerprint density at radius 1 is 1.50 bits per heavy atom. The predicted molar refractivity (Wildman–Crippen MR) is 58.2 cm³/mol. The summed E-state index contributed by atoms with van der Waals surface area (Å²) in [6.45, 7) is 2.12. The fourth-order valence-electron chi connectivity index (χ4n) is 1.59. The minimum absolute atomic E-state index is 0.0373. The molecule has 0 atom stereocenters. The molecule has 0 aliphatic rings. The quantitative estimate of drug-likeness (QED) is 0.600. The summed E-state index contributed by atoms with van der Waals surface area (Å²) in [4.78, 5) is 14.2. The van der Waals surface area contributed by atoms with E-state index in [2.05, 4.69) is 4.98 Å². The number of carbonyl (C=O) groups is 1. The summed E-state index contributed by atoms with van der Waals surface area (Å²) < 4.78 is 1.95. The summed E-state index contributed by atoms with van der Waals surface area (Å²) in [7, 11) is 0. The van der Waals surface area contributed by atoms with Gasteiger partial charge < -0.3 is 5.11 Å². The van der Waals surface area contributed by atoms with E-state index in [0.29, 0.717) is 12.1 Å². The van der Waals surface area contributed by atoms with Crippen LogP contribution in [0.2, 0.25) is 0 Å². The van der Waals surface area contributed by atoms with Gasteiger partial charge in [0.1, 0.15) is 24.7 Å². The number of aromatic nitrogens is 2. The molecule has 0 aliphatic heterocycles. The number of benzene rings is 1. The van der Waals surface area contributed by atoms with Crippen LogP contribution >= 0.6 is 0 Å². The van der Waals surface area contributed by atoms with E-state index < -0.39 is 0 Å². The van der Waals surface area contributed by atoms with E-state index in [1.807, 2.05) is 29.4 Å². The molecule has 0 unspecified atom stereocenters. The molecular formula is C12H13N2O2+. The highest BCUT2D eigenvalue weighted by Gasteiger charge is 2.08. The van der Waals surface area contributed by atoms with Gasteiger partial charge in [-0.15, -0.1) is 0 Å². The molecule has 0 saturated carbocycles. The zero-order valence-electron chi connectivity index (χ0n) is 8.97. The lowest BCUT2D eigenvalue weighted by Crippen LogP contribution is -2.30. The lowest BCUT2D eigenvalue weighted by atomic mass is 10.1. The van der Waals surface area contributed by atoms with E-state index in [1.54, 1.807) is 12.1 Å². The van der Waals surface area contributed by atoms with Crippen molar-refractivity contribution in [2.75, 3.05) is 0 Å². The molecule has 0 fully saturated rings. The average molecular weight is 217 g/mol. The highest BCUT2D eigenvalue weighted by atomic mass is 16.3. The van der Waals surface area contributed by atoms with Gasteiger partial charge in [0.15, 0.2) is 5.78 Å². The maximum absolute atomic E-state index is 11.2. The van der Waals surface area contributed by atoms with E-state index in [-0.39, 0.29) is 11.5 Å². The van der Waals surface area contributed by atoms with Gasteiger partial charge in [-0.05, 0) is 24.6 Å². The van der Waals surface area contributed by atoms with Gasteiger partial charge in [-0.3, -0.25) is 9.78 Å². The lowest BCUT2D eigenvalue weighted by Gasteiger charge is -2.03. The van der Waals surface area contributed by atoms with Crippen molar-refractivity contribution in [3.63, 3.8) is 0 Å². The third-order valence-electron chi connectivity index (χ3n) is 2.41. The normalized spacial score (nSPS) is 10.3. The van der Waals surface area contributed by atoms with Gasteiger partial charge in [-0.1, -0.05) is 6.07 Å². The summed E-state index contributed by atoms with van der Waals surface area (Å²) in [5.74, 6) is -0.0891. The molecule has 0 saturated heterocycles. The Hall–Kier alpha value is -2.10. The van der Waals surface area contributed by atoms with Gasteiger partial charge >= 0.3 is 0 Å². The van der Waals surface area contributed by atoms with Gasteiger partial charge in [0.2, 0.25) is 6.33 Å². The number of rotatable bonds is 3. The van der Waals surface area contributed by atoms with Gasteiger partial charge in [0.05, 0.1) is 5.56 Å². The largest absolute Gasteiger partial charge is 0.507 e. The predicted octanol–water partition coefficient (Wildman–Crippen LogP) is 1.26. The molecule has 4 nitrogen and oxygen atoms in total. The second-order valence-corrected chi connectivity index (χ2v) is 3.69. The molecule has 0 bridgehead atoms. The van der Waals surface area contributed by atoms with Crippen molar-refractivity contribution in [3.8, 4) is 5.75 Å². The molecule has 16 heavy (non-hydrogen) atoms. The van der Waals surface area contributed by atoms with E-state index in [0.717, 1.165) is 5.56 Å². The average Bonchev–Trinajstić information content (AvgIpc) is 2.73. The number of hydrogen-bond donors (Lipinski definition) is 2. The number of phenolic OH excluding ortho intramolecular Hbond substituents is 1. The molecule has 1 aromatic carbocycles. The van der Waals surface area contributed by atoms with Gasteiger partial charge in [0, 0.05) is 0 Å². The van der Waals surface area contributed by atoms with E-state index in [9.17, 15) is 9.90 Å². The summed E-state index contributed by atoms with van der Waals surface area (Å²) >= 11 is 0. The van der Waals surface area contributed by atoms with Crippen molar-refractivity contribution in [1.29, 1.82) is 0 Å². The standard InChI is InChI=1S/C12H12N2O2/c1-9(15)11-6-10(2-3-12(11)16)7-14-5-4-13-8-14/h2-6,8H,7H2,1H3,(H,15,16)/p+1. The summed E-state index contributed by atoms with van der Waals surface area (Å²) in [6, 6.07) is 5.08. The molecule has 1 aromatic heterocycles. The lowest BCUT2D eigenvalue weighted by molar-refractivity contribution is -0.687. The van der Waals surface area contributed by atoms with Crippen LogP contribution in [-0.4, -0.2) is 15.9 Å². The Balaban J connectivity index is 2.29. The SMILES string of the molecule is CC(=O)c1cc(C[n+]2cc[nH]c2)ccc1O.